The van der Waals surface area contributed by atoms with Crippen molar-refractivity contribution in [3.05, 3.63) is 0 Å². The summed E-state index contributed by atoms with van der Waals surface area (Å²) in [6.07, 6.45) is 1.15. The van der Waals surface area contributed by atoms with Gasteiger partial charge in [-0.1, -0.05) is 6.92 Å². The Labute approximate surface area is 103 Å². The van der Waals surface area contributed by atoms with E-state index in [9.17, 15) is 9.90 Å². The van der Waals surface area contributed by atoms with Crippen LogP contribution in [0.4, 0.5) is 0 Å². The molecule has 100 valence electrons. The molecule has 5 nitrogen and oxygen atoms in total. The average Bonchev–Trinajstić information content (AvgIpc) is 2.64. The maximum Gasteiger partial charge on any atom is 0.324 e. The van der Waals surface area contributed by atoms with Crippen molar-refractivity contribution < 1.29 is 14.6 Å². The molecule has 3 atom stereocenters. The van der Waals surface area contributed by atoms with E-state index in [4.69, 9.17) is 4.74 Å². The Morgan fingerprint density at radius 3 is 2.71 bits per heavy atom. The molecule has 0 amide bonds. The van der Waals surface area contributed by atoms with Crippen LogP contribution < -0.4 is 5.32 Å². The van der Waals surface area contributed by atoms with Crippen molar-refractivity contribution in [2.75, 3.05) is 26.7 Å². The van der Waals surface area contributed by atoms with Crippen LogP contribution in [0.5, 0.6) is 0 Å². The molecular weight excluding hydrogens is 220 g/mol. The fourth-order valence-corrected chi connectivity index (χ4v) is 2.50. The summed E-state index contributed by atoms with van der Waals surface area (Å²) in [4.78, 5) is 13.4. The monoisotopic (exact) mass is 244 g/mol. The zero-order chi connectivity index (χ0) is 13.1. The predicted octanol–water partition coefficient (Wildman–Crippen LogP) is 0.548. The van der Waals surface area contributed by atoms with Crippen molar-refractivity contribution in [1.29, 1.82) is 0 Å². The largest absolute Gasteiger partial charge is 0.480 e. The fraction of sp³-hybridized carbons (Fsp3) is 0.917. The molecule has 1 saturated heterocycles. The van der Waals surface area contributed by atoms with Crippen LogP contribution in [-0.2, 0) is 9.53 Å². The van der Waals surface area contributed by atoms with E-state index >= 15 is 0 Å². The molecule has 5 heteroatoms. The summed E-state index contributed by atoms with van der Waals surface area (Å²) in [5.41, 5.74) is -0.897. The first kappa shape index (κ1) is 14.4. The Hall–Kier alpha value is -0.650. The molecule has 0 aromatic carbocycles. The predicted molar refractivity (Wildman–Crippen MR) is 66.2 cm³/mol. The average molecular weight is 244 g/mol. The van der Waals surface area contributed by atoms with Gasteiger partial charge < -0.3 is 15.2 Å². The fourth-order valence-electron chi connectivity index (χ4n) is 2.50. The molecule has 0 bridgehead atoms. The molecule has 0 aliphatic carbocycles. The molecule has 0 aromatic heterocycles. The van der Waals surface area contributed by atoms with Gasteiger partial charge in [0.05, 0.1) is 6.10 Å². The molecule has 1 fully saturated rings. The third kappa shape index (κ3) is 3.40. The van der Waals surface area contributed by atoms with Crippen molar-refractivity contribution in [3.8, 4) is 0 Å². The number of carboxylic acid groups (broad SMARTS) is 1. The van der Waals surface area contributed by atoms with Gasteiger partial charge in [-0.15, -0.1) is 0 Å². The first-order chi connectivity index (χ1) is 7.90. The molecule has 2 N–H and O–H groups in total. The number of rotatable bonds is 6. The van der Waals surface area contributed by atoms with Gasteiger partial charge in [-0.3, -0.25) is 9.69 Å². The van der Waals surface area contributed by atoms with Crippen LogP contribution in [0.3, 0.4) is 0 Å². The van der Waals surface area contributed by atoms with Gasteiger partial charge in [-0.25, -0.2) is 0 Å². The Bertz CT molecular complexity index is 272. The van der Waals surface area contributed by atoms with Crippen LogP contribution in [0.1, 0.15) is 27.2 Å². The van der Waals surface area contributed by atoms with E-state index in [-0.39, 0.29) is 6.10 Å². The summed E-state index contributed by atoms with van der Waals surface area (Å²) in [6.45, 7) is 7.58. The number of nitrogens with zero attached hydrogens (tertiary/aromatic N) is 1. The van der Waals surface area contributed by atoms with E-state index in [1.165, 1.54) is 0 Å². The molecule has 0 saturated carbocycles. The minimum Gasteiger partial charge on any atom is -0.480 e. The number of carboxylic acids is 1. The van der Waals surface area contributed by atoms with Crippen molar-refractivity contribution in [1.82, 2.24) is 10.2 Å². The zero-order valence-electron chi connectivity index (χ0n) is 11.2. The summed E-state index contributed by atoms with van der Waals surface area (Å²) < 4.78 is 5.51. The SMILES string of the molecule is CCNC(C)(CN(C)C1CCOC1C)C(=O)O. The number of hydrogen-bond donors (Lipinski definition) is 2. The lowest BCUT2D eigenvalue weighted by atomic mass is 10.00. The summed E-state index contributed by atoms with van der Waals surface area (Å²) >= 11 is 0. The van der Waals surface area contributed by atoms with E-state index in [2.05, 4.69) is 10.2 Å². The van der Waals surface area contributed by atoms with Crippen LogP contribution in [0.25, 0.3) is 0 Å². The van der Waals surface area contributed by atoms with Crippen LogP contribution >= 0.6 is 0 Å². The number of likely N-dealkylation sites (N-methyl/N-ethyl adjacent to an activating group) is 2. The maximum absolute atomic E-state index is 11.3. The zero-order valence-corrected chi connectivity index (χ0v) is 11.2. The van der Waals surface area contributed by atoms with Gasteiger partial charge >= 0.3 is 5.97 Å². The maximum atomic E-state index is 11.3. The molecule has 1 heterocycles. The van der Waals surface area contributed by atoms with Crippen LogP contribution in [0.15, 0.2) is 0 Å². The Morgan fingerprint density at radius 2 is 2.29 bits per heavy atom. The lowest BCUT2D eigenvalue weighted by Crippen LogP contribution is -2.58. The van der Waals surface area contributed by atoms with Gasteiger partial charge in [-0.2, -0.15) is 0 Å². The molecule has 1 aliphatic rings. The van der Waals surface area contributed by atoms with E-state index in [1.807, 2.05) is 20.9 Å². The number of ether oxygens (including phenoxy) is 1. The van der Waals surface area contributed by atoms with Gasteiger partial charge in [0.1, 0.15) is 5.54 Å². The van der Waals surface area contributed by atoms with Gasteiger partial charge in [0.15, 0.2) is 0 Å². The number of nitrogens with one attached hydrogen (secondary N) is 1. The number of aliphatic carboxylic acids is 1. The highest BCUT2D eigenvalue weighted by Gasteiger charge is 2.37. The van der Waals surface area contributed by atoms with Crippen LogP contribution in [0.2, 0.25) is 0 Å². The smallest absolute Gasteiger partial charge is 0.324 e. The highest BCUT2D eigenvalue weighted by atomic mass is 16.5. The quantitative estimate of drug-likeness (QED) is 0.714. The lowest BCUT2D eigenvalue weighted by molar-refractivity contribution is -0.145. The lowest BCUT2D eigenvalue weighted by Gasteiger charge is -2.34. The van der Waals surface area contributed by atoms with E-state index < -0.39 is 11.5 Å². The standard InChI is InChI=1S/C12H24N2O3/c1-5-13-12(3,11(15)16)8-14(4)10-6-7-17-9(10)2/h9-10,13H,5-8H2,1-4H3,(H,15,16). The number of carbonyl (C=O) groups is 1. The molecule has 1 rings (SSSR count). The summed E-state index contributed by atoms with van der Waals surface area (Å²) in [7, 11) is 1.97. The van der Waals surface area contributed by atoms with Gasteiger partial charge in [-0.05, 0) is 33.9 Å². The van der Waals surface area contributed by atoms with Crippen molar-refractivity contribution in [3.63, 3.8) is 0 Å². The second kappa shape index (κ2) is 5.80. The topological polar surface area (TPSA) is 61.8 Å². The Kier molecular flexibility index (Phi) is 4.91. The van der Waals surface area contributed by atoms with E-state index in [0.29, 0.717) is 19.1 Å². The summed E-state index contributed by atoms with van der Waals surface area (Å²) in [6, 6.07) is 0.312. The first-order valence-corrected chi connectivity index (χ1v) is 6.21. The highest BCUT2D eigenvalue weighted by Crippen LogP contribution is 2.20. The molecule has 17 heavy (non-hydrogen) atoms. The van der Waals surface area contributed by atoms with Crippen molar-refractivity contribution in [2.45, 2.75) is 44.9 Å². The molecule has 0 aromatic rings. The van der Waals surface area contributed by atoms with Crippen molar-refractivity contribution in [2.24, 2.45) is 0 Å². The summed E-state index contributed by atoms with van der Waals surface area (Å²) in [5, 5.41) is 12.3. The normalized spacial score (nSPS) is 28.3. The van der Waals surface area contributed by atoms with Crippen LogP contribution in [-0.4, -0.2) is 60.4 Å². The highest BCUT2D eigenvalue weighted by molar-refractivity contribution is 5.78. The van der Waals surface area contributed by atoms with E-state index in [0.717, 1.165) is 13.0 Å². The third-order valence-corrected chi connectivity index (χ3v) is 3.51. The van der Waals surface area contributed by atoms with Crippen molar-refractivity contribution >= 4 is 5.97 Å². The number of hydrogen-bond acceptors (Lipinski definition) is 4. The molecule has 0 spiro atoms. The summed E-state index contributed by atoms with van der Waals surface area (Å²) in [5.74, 6) is -0.808. The Morgan fingerprint density at radius 1 is 1.65 bits per heavy atom. The third-order valence-electron chi connectivity index (χ3n) is 3.51. The second-order valence-corrected chi connectivity index (χ2v) is 5.01. The second-order valence-electron chi connectivity index (χ2n) is 5.01. The van der Waals surface area contributed by atoms with E-state index in [1.54, 1.807) is 6.92 Å². The Balaban J connectivity index is 2.63. The van der Waals surface area contributed by atoms with Gasteiger partial charge in [0, 0.05) is 19.2 Å². The molecule has 3 unspecified atom stereocenters. The van der Waals surface area contributed by atoms with Gasteiger partial charge in [0.25, 0.3) is 0 Å². The molecule has 1 aliphatic heterocycles. The molecule has 0 radical (unpaired) electrons. The minimum absolute atomic E-state index is 0.180. The minimum atomic E-state index is -0.897. The van der Waals surface area contributed by atoms with Gasteiger partial charge in [0.2, 0.25) is 0 Å². The molecular formula is C12H24N2O3. The first-order valence-electron chi connectivity index (χ1n) is 6.21. The van der Waals surface area contributed by atoms with Crippen LogP contribution in [0, 0.1) is 0 Å².